The summed E-state index contributed by atoms with van der Waals surface area (Å²) in [4.78, 5) is 26.9. The molecule has 6 heteroatoms. The fourth-order valence-corrected chi connectivity index (χ4v) is 3.55. The number of nitrogens with zero attached hydrogens (tertiary/aromatic N) is 1. The molecule has 0 bridgehead atoms. The van der Waals surface area contributed by atoms with E-state index in [1.165, 1.54) is 0 Å². The van der Waals surface area contributed by atoms with Crippen molar-refractivity contribution in [2.24, 2.45) is 5.92 Å². The smallest absolute Gasteiger partial charge is 0.267 e. The fourth-order valence-electron chi connectivity index (χ4n) is 3.55. The van der Waals surface area contributed by atoms with Crippen molar-refractivity contribution in [2.75, 3.05) is 23.4 Å². The van der Waals surface area contributed by atoms with Gasteiger partial charge in [0.05, 0.1) is 12.3 Å². The third kappa shape index (κ3) is 5.12. The summed E-state index contributed by atoms with van der Waals surface area (Å²) in [7, 11) is 0. The van der Waals surface area contributed by atoms with Crippen molar-refractivity contribution in [3.63, 3.8) is 0 Å². The van der Waals surface area contributed by atoms with E-state index in [0.717, 1.165) is 18.6 Å². The van der Waals surface area contributed by atoms with Crippen molar-refractivity contribution < 1.29 is 19.1 Å². The zero-order valence-electron chi connectivity index (χ0n) is 17.9. The van der Waals surface area contributed by atoms with E-state index in [2.05, 4.69) is 5.32 Å². The van der Waals surface area contributed by atoms with Crippen LogP contribution in [0.15, 0.2) is 48.5 Å². The molecule has 1 N–H and O–H groups in total. The Hall–Kier alpha value is -3.02. The standard InChI is InChI=1S/C24H30N2O4/c1-4-18(5-2)23(27)25-19-12-13-22-21(16-19)26(24(28)17(3)30-22)14-9-15-29-20-10-7-6-8-11-20/h6-8,10-13,16-18H,4-5,9,14-15H2,1-3H3,(H,25,27). The lowest BCUT2D eigenvalue weighted by atomic mass is 10.0. The zero-order chi connectivity index (χ0) is 21.5. The van der Waals surface area contributed by atoms with Crippen molar-refractivity contribution >= 4 is 23.2 Å². The Morgan fingerprint density at radius 1 is 1.17 bits per heavy atom. The Morgan fingerprint density at radius 2 is 1.90 bits per heavy atom. The van der Waals surface area contributed by atoms with Gasteiger partial charge in [-0.3, -0.25) is 9.59 Å². The first-order valence-electron chi connectivity index (χ1n) is 10.6. The molecule has 0 saturated carbocycles. The van der Waals surface area contributed by atoms with Gasteiger partial charge in [-0.25, -0.2) is 0 Å². The topological polar surface area (TPSA) is 67.9 Å². The van der Waals surface area contributed by atoms with Crippen molar-refractivity contribution in [2.45, 2.75) is 46.1 Å². The zero-order valence-corrected chi connectivity index (χ0v) is 17.9. The van der Waals surface area contributed by atoms with Gasteiger partial charge in [-0.05, 0) is 56.5 Å². The van der Waals surface area contributed by atoms with E-state index in [0.29, 0.717) is 36.7 Å². The van der Waals surface area contributed by atoms with Crippen molar-refractivity contribution in [3.8, 4) is 11.5 Å². The quantitative estimate of drug-likeness (QED) is 0.611. The Balaban J connectivity index is 1.69. The molecule has 0 saturated heterocycles. The molecule has 0 fully saturated rings. The summed E-state index contributed by atoms with van der Waals surface area (Å²) in [5.74, 6) is 1.34. The molecule has 160 valence electrons. The molecule has 1 aliphatic heterocycles. The van der Waals surface area contributed by atoms with Crippen LogP contribution in [-0.4, -0.2) is 31.1 Å². The van der Waals surface area contributed by atoms with Crippen LogP contribution in [0.3, 0.4) is 0 Å². The van der Waals surface area contributed by atoms with E-state index in [9.17, 15) is 9.59 Å². The Labute approximate surface area is 178 Å². The number of benzene rings is 2. The third-order valence-electron chi connectivity index (χ3n) is 5.33. The van der Waals surface area contributed by atoms with Crippen LogP contribution in [0.2, 0.25) is 0 Å². The summed E-state index contributed by atoms with van der Waals surface area (Å²) in [6.07, 6.45) is 1.72. The highest BCUT2D eigenvalue weighted by Crippen LogP contribution is 2.36. The second-order valence-electron chi connectivity index (χ2n) is 7.45. The molecule has 2 aromatic rings. The molecule has 6 nitrogen and oxygen atoms in total. The van der Waals surface area contributed by atoms with Crippen LogP contribution in [0, 0.1) is 5.92 Å². The van der Waals surface area contributed by atoms with E-state index in [1.54, 1.807) is 11.8 Å². The number of para-hydroxylation sites is 1. The van der Waals surface area contributed by atoms with Crippen LogP contribution >= 0.6 is 0 Å². The molecule has 0 aliphatic carbocycles. The molecule has 2 amide bonds. The van der Waals surface area contributed by atoms with E-state index in [1.807, 2.05) is 62.4 Å². The highest BCUT2D eigenvalue weighted by molar-refractivity contribution is 6.01. The normalized spacial score (nSPS) is 15.5. The lowest BCUT2D eigenvalue weighted by Crippen LogP contribution is -2.45. The minimum Gasteiger partial charge on any atom is -0.494 e. The average Bonchev–Trinajstić information content (AvgIpc) is 2.75. The monoisotopic (exact) mass is 410 g/mol. The van der Waals surface area contributed by atoms with Crippen LogP contribution in [0.1, 0.15) is 40.0 Å². The Morgan fingerprint density at radius 3 is 2.60 bits per heavy atom. The molecule has 0 spiro atoms. The number of anilines is 2. The molecule has 1 unspecified atom stereocenters. The molecule has 1 atom stereocenters. The first kappa shape index (κ1) is 21.7. The lowest BCUT2D eigenvalue weighted by molar-refractivity contribution is -0.125. The molecule has 2 aromatic carbocycles. The maximum absolute atomic E-state index is 12.8. The van der Waals surface area contributed by atoms with Crippen molar-refractivity contribution in [1.82, 2.24) is 0 Å². The van der Waals surface area contributed by atoms with Gasteiger partial charge in [-0.15, -0.1) is 0 Å². The number of hydrogen-bond donors (Lipinski definition) is 1. The van der Waals surface area contributed by atoms with Gasteiger partial charge in [0.15, 0.2) is 6.10 Å². The molecule has 0 radical (unpaired) electrons. The minimum atomic E-state index is -0.544. The first-order chi connectivity index (χ1) is 14.5. The molecular formula is C24H30N2O4. The number of carbonyl (C=O) groups is 2. The number of ether oxygens (including phenoxy) is 2. The number of hydrogen-bond acceptors (Lipinski definition) is 4. The predicted octanol–water partition coefficient (Wildman–Crippen LogP) is 4.64. The molecule has 1 aliphatic rings. The highest BCUT2D eigenvalue weighted by Gasteiger charge is 2.31. The van der Waals surface area contributed by atoms with E-state index in [-0.39, 0.29) is 17.7 Å². The van der Waals surface area contributed by atoms with Crippen molar-refractivity contribution in [3.05, 3.63) is 48.5 Å². The number of fused-ring (bicyclic) bond motifs is 1. The van der Waals surface area contributed by atoms with E-state index >= 15 is 0 Å². The Bertz CT molecular complexity index is 865. The summed E-state index contributed by atoms with van der Waals surface area (Å²) >= 11 is 0. The number of carbonyl (C=O) groups excluding carboxylic acids is 2. The second kappa shape index (κ2) is 10.1. The van der Waals surface area contributed by atoms with Gasteiger partial charge in [0, 0.05) is 18.2 Å². The highest BCUT2D eigenvalue weighted by atomic mass is 16.5. The number of nitrogens with one attached hydrogen (secondary N) is 1. The SMILES string of the molecule is CCC(CC)C(=O)Nc1ccc2c(c1)N(CCCOc1ccccc1)C(=O)C(C)O2. The lowest BCUT2D eigenvalue weighted by Gasteiger charge is -2.33. The van der Waals surface area contributed by atoms with Gasteiger partial charge in [0.25, 0.3) is 5.91 Å². The maximum atomic E-state index is 12.8. The Kier molecular flexibility index (Phi) is 7.33. The summed E-state index contributed by atoms with van der Waals surface area (Å²) in [6, 6.07) is 15.1. The van der Waals surface area contributed by atoms with Crippen LogP contribution in [0.5, 0.6) is 11.5 Å². The van der Waals surface area contributed by atoms with E-state index < -0.39 is 6.10 Å². The van der Waals surface area contributed by atoms with Crippen LogP contribution < -0.4 is 19.7 Å². The minimum absolute atomic E-state index is 0.000756. The summed E-state index contributed by atoms with van der Waals surface area (Å²) in [6.45, 7) is 6.78. The predicted molar refractivity (Wildman–Crippen MR) is 118 cm³/mol. The summed E-state index contributed by atoms with van der Waals surface area (Å²) in [5.41, 5.74) is 1.35. The largest absolute Gasteiger partial charge is 0.494 e. The van der Waals surface area contributed by atoms with Crippen LogP contribution in [0.25, 0.3) is 0 Å². The van der Waals surface area contributed by atoms with Gasteiger partial charge in [0.2, 0.25) is 5.91 Å². The molecule has 3 rings (SSSR count). The molecule has 30 heavy (non-hydrogen) atoms. The number of rotatable bonds is 9. The number of amides is 2. The van der Waals surface area contributed by atoms with Gasteiger partial charge in [0.1, 0.15) is 11.5 Å². The first-order valence-corrected chi connectivity index (χ1v) is 10.6. The molecule has 1 heterocycles. The van der Waals surface area contributed by atoms with Gasteiger partial charge < -0.3 is 19.7 Å². The van der Waals surface area contributed by atoms with Crippen LogP contribution in [0.4, 0.5) is 11.4 Å². The summed E-state index contributed by atoms with van der Waals surface area (Å²) in [5, 5.41) is 2.97. The summed E-state index contributed by atoms with van der Waals surface area (Å²) < 4.78 is 11.5. The maximum Gasteiger partial charge on any atom is 0.267 e. The van der Waals surface area contributed by atoms with E-state index in [4.69, 9.17) is 9.47 Å². The molecule has 0 aromatic heterocycles. The second-order valence-corrected chi connectivity index (χ2v) is 7.45. The van der Waals surface area contributed by atoms with Gasteiger partial charge in [-0.1, -0.05) is 32.0 Å². The van der Waals surface area contributed by atoms with Crippen LogP contribution in [-0.2, 0) is 9.59 Å². The average molecular weight is 411 g/mol. The fraction of sp³-hybridized carbons (Fsp3) is 0.417. The van der Waals surface area contributed by atoms with Gasteiger partial charge in [-0.2, -0.15) is 0 Å². The third-order valence-corrected chi connectivity index (χ3v) is 5.33. The van der Waals surface area contributed by atoms with Gasteiger partial charge >= 0.3 is 0 Å². The molecular weight excluding hydrogens is 380 g/mol. The van der Waals surface area contributed by atoms with Crippen molar-refractivity contribution in [1.29, 1.82) is 0 Å².